The third-order valence-electron chi connectivity index (χ3n) is 3.21. The van der Waals surface area contributed by atoms with Gasteiger partial charge in [0, 0.05) is 11.1 Å². The van der Waals surface area contributed by atoms with Crippen LogP contribution in [0.3, 0.4) is 0 Å². The first-order valence-electron chi connectivity index (χ1n) is 7.30. The number of methoxy groups -OCH3 is 1. The van der Waals surface area contributed by atoms with Crippen molar-refractivity contribution in [3.8, 4) is 17.2 Å². The standard InChI is InChI=1S/C18H14F4O4/c1-24-16-10-12(7-9-15(16)26-18(21)22)13(23)8-6-11-4-2-3-5-14(11)25-17(19)20/h2-10,17-18H,1H3. The predicted molar refractivity (Wildman–Crippen MR) is 86.1 cm³/mol. The zero-order valence-electron chi connectivity index (χ0n) is 13.5. The van der Waals surface area contributed by atoms with E-state index < -0.39 is 19.0 Å². The molecule has 0 saturated carbocycles. The fourth-order valence-electron chi connectivity index (χ4n) is 2.10. The molecule has 0 bridgehead atoms. The summed E-state index contributed by atoms with van der Waals surface area (Å²) in [5.74, 6) is -0.812. The summed E-state index contributed by atoms with van der Waals surface area (Å²) < 4.78 is 63.0. The quantitative estimate of drug-likeness (QED) is 0.381. The molecule has 8 heteroatoms. The SMILES string of the molecule is COc1cc(C(=O)C=Cc2ccccc2OC(F)F)ccc1OC(F)F. The second kappa shape index (κ2) is 8.89. The Morgan fingerprint density at radius 1 is 0.923 bits per heavy atom. The molecule has 4 nitrogen and oxygen atoms in total. The largest absolute Gasteiger partial charge is 0.493 e. The summed E-state index contributed by atoms with van der Waals surface area (Å²) >= 11 is 0. The van der Waals surface area contributed by atoms with E-state index in [1.54, 1.807) is 6.07 Å². The molecule has 0 fully saturated rings. The Labute approximate surface area is 146 Å². The molecule has 0 saturated heterocycles. The molecular weight excluding hydrogens is 356 g/mol. The van der Waals surface area contributed by atoms with Gasteiger partial charge in [-0.2, -0.15) is 17.6 Å². The van der Waals surface area contributed by atoms with Crippen molar-refractivity contribution in [1.82, 2.24) is 0 Å². The number of hydrogen-bond acceptors (Lipinski definition) is 4. The number of ether oxygens (including phenoxy) is 3. The molecule has 0 N–H and O–H groups in total. The predicted octanol–water partition coefficient (Wildman–Crippen LogP) is 4.79. The lowest BCUT2D eigenvalue weighted by Crippen LogP contribution is -2.05. The summed E-state index contributed by atoms with van der Waals surface area (Å²) in [6, 6.07) is 9.67. The minimum Gasteiger partial charge on any atom is -0.493 e. The van der Waals surface area contributed by atoms with Crippen molar-refractivity contribution < 1.29 is 36.6 Å². The molecule has 26 heavy (non-hydrogen) atoms. The van der Waals surface area contributed by atoms with Crippen molar-refractivity contribution in [2.45, 2.75) is 13.2 Å². The van der Waals surface area contributed by atoms with Crippen molar-refractivity contribution in [3.05, 3.63) is 59.7 Å². The van der Waals surface area contributed by atoms with E-state index in [0.717, 1.165) is 6.08 Å². The van der Waals surface area contributed by atoms with Gasteiger partial charge in [-0.15, -0.1) is 0 Å². The molecule has 0 heterocycles. The number of rotatable bonds is 8. The maximum atomic E-state index is 12.4. The lowest BCUT2D eigenvalue weighted by molar-refractivity contribution is -0.0514. The van der Waals surface area contributed by atoms with Crippen LogP contribution in [0.1, 0.15) is 15.9 Å². The summed E-state index contributed by atoms with van der Waals surface area (Å²) in [5.41, 5.74) is 0.428. The molecule has 2 rings (SSSR count). The second-order valence-corrected chi connectivity index (χ2v) is 4.86. The molecule has 138 valence electrons. The van der Waals surface area contributed by atoms with Crippen LogP contribution >= 0.6 is 0 Å². The second-order valence-electron chi connectivity index (χ2n) is 4.86. The van der Waals surface area contributed by atoms with Crippen LogP contribution in [0, 0.1) is 0 Å². The first-order valence-corrected chi connectivity index (χ1v) is 7.30. The monoisotopic (exact) mass is 370 g/mol. The van der Waals surface area contributed by atoms with E-state index >= 15 is 0 Å². The number of para-hydroxylation sites is 1. The topological polar surface area (TPSA) is 44.8 Å². The van der Waals surface area contributed by atoms with E-state index in [9.17, 15) is 22.4 Å². The molecule has 2 aromatic carbocycles. The van der Waals surface area contributed by atoms with Gasteiger partial charge in [-0.25, -0.2) is 0 Å². The molecule has 0 aliphatic carbocycles. The maximum Gasteiger partial charge on any atom is 0.387 e. The van der Waals surface area contributed by atoms with Gasteiger partial charge in [-0.3, -0.25) is 4.79 Å². The number of carbonyl (C=O) groups excluding carboxylic acids is 1. The fraction of sp³-hybridized carbons (Fsp3) is 0.167. The van der Waals surface area contributed by atoms with Gasteiger partial charge >= 0.3 is 13.2 Å². The maximum absolute atomic E-state index is 12.4. The van der Waals surface area contributed by atoms with E-state index in [1.807, 2.05) is 0 Å². The van der Waals surface area contributed by atoms with Crippen LogP contribution in [0.4, 0.5) is 17.6 Å². The number of benzene rings is 2. The normalized spacial score (nSPS) is 11.2. The summed E-state index contributed by atoms with van der Waals surface area (Å²) in [5, 5.41) is 0. The number of allylic oxidation sites excluding steroid dienone is 1. The van der Waals surface area contributed by atoms with E-state index in [4.69, 9.17) is 4.74 Å². The van der Waals surface area contributed by atoms with Crippen LogP contribution in [0.25, 0.3) is 6.08 Å². The highest BCUT2D eigenvalue weighted by Gasteiger charge is 2.13. The van der Waals surface area contributed by atoms with Crippen molar-refractivity contribution in [3.63, 3.8) is 0 Å². The first kappa shape index (κ1) is 19.3. The molecule has 0 atom stereocenters. The molecule has 0 aromatic heterocycles. The van der Waals surface area contributed by atoms with Crippen LogP contribution in [0.2, 0.25) is 0 Å². The Kier molecular flexibility index (Phi) is 6.60. The number of alkyl halides is 4. The van der Waals surface area contributed by atoms with E-state index in [1.165, 1.54) is 49.6 Å². The van der Waals surface area contributed by atoms with Crippen molar-refractivity contribution in [2.75, 3.05) is 7.11 Å². The van der Waals surface area contributed by atoms with E-state index in [2.05, 4.69) is 9.47 Å². The van der Waals surface area contributed by atoms with E-state index in [0.29, 0.717) is 0 Å². The molecule has 0 aliphatic heterocycles. The summed E-state index contributed by atoms with van der Waals surface area (Å²) in [7, 11) is 1.25. The van der Waals surface area contributed by atoms with Crippen molar-refractivity contribution in [1.29, 1.82) is 0 Å². The number of halogens is 4. The molecule has 0 aliphatic rings. The van der Waals surface area contributed by atoms with Crippen LogP contribution in [-0.4, -0.2) is 26.1 Å². The van der Waals surface area contributed by atoms with Crippen molar-refractivity contribution >= 4 is 11.9 Å². The third kappa shape index (κ3) is 5.23. The van der Waals surface area contributed by atoms with Crippen LogP contribution in [-0.2, 0) is 0 Å². The van der Waals surface area contributed by atoms with Gasteiger partial charge in [0.25, 0.3) is 0 Å². The van der Waals surface area contributed by atoms with E-state index in [-0.39, 0.29) is 28.4 Å². The minimum atomic E-state index is -3.03. The molecule has 0 unspecified atom stereocenters. The number of carbonyl (C=O) groups is 1. The average Bonchev–Trinajstić information content (AvgIpc) is 2.60. The molecule has 0 spiro atoms. The smallest absolute Gasteiger partial charge is 0.387 e. The van der Waals surface area contributed by atoms with Gasteiger partial charge in [-0.1, -0.05) is 18.2 Å². The molecule has 0 radical (unpaired) electrons. The van der Waals surface area contributed by atoms with Gasteiger partial charge in [0.1, 0.15) is 5.75 Å². The molecule has 0 amide bonds. The van der Waals surface area contributed by atoms with Gasteiger partial charge < -0.3 is 14.2 Å². The summed E-state index contributed by atoms with van der Waals surface area (Å²) in [4.78, 5) is 12.2. The zero-order valence-corrected chi connectivity index (χ0v) is 13.5. The molecular formula is C18H14F4O4. The minimum absolute atomic E-state index is 0.0361. The van der Waals surface area contributed by atoms with Crippen LogP contribution in [0.15, 0.2) is 48.5 Å². The first-order chi connectivity index (χ1) is 12.4. The highest BCUT2D eigenvalue weighted by Crippen LogP contribution is 2.30. The Bertz CT molecular complexity index is 791. The third-order valence-corrected chi connectivity index (χ3v) is 3.21. The Balaban J connectivity index is 2.21. The van der Waals surface area contributed by atoms with Gasteiger partial charge in [-0.05, 0) is 36.4 Å². The summed E-state index contributed by atoms with van der Waals surface area (Å²) in [6.07, 6.45) is 2.46. The average molecular weight is 370 g/mol. The number of hydrogen-bond donors (Lipinski definition) is 0. The molecule has 2 aromatic rings. The summed E-state index contributed by atoms with van der Waals surface area (Å²) in [6.45, 7) is -6.02. The van der Waals surface area contributed by atoms with Gasteiger partial charge in [0.15, 0.2) is 17.3 Å². The Morgan fingerprint density at radius 3 is 2.23 bits per heavy atom. The van der Waals surface area contributed by atoms with Crippen molar-refractivity contribution in [2.24, 2.45) is 0 Å². The highest BCUT2D eigenvalue weighted by molar-refractivity contribution is 6.07. The van der Waals surface area contributed by atoms with Crippen LogP contribution in [0.5, 0.6) is 17.2 Å². The van der Waals surface area contributed by atoms with Gasteiger partial charge in [0.2, 0.25) is 0 Å². The van der Waals surface area contributed by atoms with Crippen LogP contribution < -0.4 is 14.2 Å². The zero-order chi connectivity index (χ0) is 19.1. The highest BCUT2D eigenvalue weighted by atomic mass is 19.3. The number of ketones is 1. The lowest BCUT2D eigenvalue weighted by atomic mass is 10.1. The Hall–Kier alpha value is -3.03. The lowest BCUT2D eigenvalue weighted by Gasteiger charge is -2.10. The Morgan fingerprint density at radius 2 is 1.58 bits per heavy atom. The van der Waals surface area contributed by atoms with Gasteiger partial charge in [0.05, 0.1) is 7.11 Å². The fourth-order valence-corrected chi connectivity index (χ4v) is 2.10.